The van der Waals surface area contributed by atoms with Gasteiger partial charge in [-0.05, 0) is 11.4 Å². The Morgan fingerprint density at radius 1 is 1.42 bits per heavy atom. The van der Waals surface area contributed by atoms with Crippen LogP contribution in [0.15, 0.2) is 28.9 Å². The first kappa shape index (κ1) is 12.6. The lowest BCUT2D eigenvalue weighted by Crippen LogP contribution is -2.06. The van der Waals surface area contributed by atoms with Gasteiger partial charge in [0.2, 0.25) is 0 Å². The van der Waals surface area contributed by atoms with E-state index in [4.69, 9.17) is 4.74 Å². The summed E-state index contributed by atoms with van der Waals surface area (Å²) < 4.78 is 7.06. The SMILES string of the molecule is COCCn1ccnc1-c1nc(S)c2ccsc2n1. The first-order chi connectivity index (χ1) is 9.29. The van der Waals surface area contributed by atoms with Gasteiger partial charge in [0.25, 0.3) is 0 Å². The van der Waals surface area contributed by atoms with Crippen LogP contribution in [0, 0.1) is 0 Å². The Hall–Kier alpha value is -1.44. The normalized spacial score (nSPS) is 11.3. The van der Waals surface area contributed by atoms with Gasteiger partial charge in [0.05, 0.1) is 6.61 Å². The molecule has 3 rings (SSSR count). The summed E-state index contributed by atoms with van der Waals surface area (Å²) in [6, 6.07) is 1.98. The number of imidazole rings is 1. The van der Waals surface area contributed by atoms with Crippen LogP contribution in [0.25, 0.3) is 21.9 Å². The van der Waals surface area contributed by atoms with Gasteiger partial charge >= 0.3 is 0 Å². The maximum absolute atomic E-state index is 5.09. The Morgan fingerprint density at radius 2 is 2.32 bits per heavy atom. The van der Waals surface area contributed by atoms with Gasteiger partial charge < -0.3 is 9.30 Å². The average molecular weight is 292 g/mol. The first-order valence-corrected chi connectivity index (χ1v) is 7.07. The van der Waals surface area contributed by atoms with Crippen LogP contribution in [0.3, 0.4) is 0 Å². The van der Waals surface area contributed by atoms with Crippen LogP contribution in [0.4, 0.5) is 0 Å². The standard InChI is InChI=1S/C12H12N4OS2/c1-17-6-5-16-4-3-13-10(16)9-14-11(18)8-2-7-19-12(8)15-9/h2-4,7H,5-6H2,1H3,(H,14,15,18). The number of hydrogen-bond acceptors (Lipinski definition) is 6. The molecule has 3 aromatic rings. The van der Waals surface area contributed by atoms with E-state index in [-0.39, 0.29) is 0 Å². The minimum atomic E-state index is 0.598. The molecule has 19 heavy (non-hydrogen) atoms. The molecule has 0 aliphatic rings. The van der Waals surface area contributed by atoms with Crippen LogP contribution < -0.4 is 0 Å². The molecule has 0 atom stereocenters. The van der Waals surface area contributed by atoms with Crippen molar-refractivity contribution in [1.82, 2.24) is 19.5 Å². The van der Waals surface area contributed by atoms with Crippen molar-refractivity contribution in [2.45, 2.75) is 11.6 Å². The molecule has 3 aromatic heterocycles. The topological polar surface area (TPSA) is 52.8 Å². The van der Waals surface area contributed by atoms with Gasteiger partial charge in [0.15, 0.2) is 11.6 Å². The summed E-state index contributed by atoms with van der Waals surface area (Å²) in [7, 11) is 1.68. The summed E-state index contributed by atoms with van der Waals surface area (Å²) >= 11 is 5.99. The molecular weight excluding hydrogens is 280 g/mol. The largest absolute Gasteiger partial charge is 0.383 e. The van der Waals surface area contributed by atoms with Crippen molar-refractivity contribution in [2.75, 3.05) is 13.7 Å². The molecule has 98 valence electrons. The number of fused-ring (bicyclic) bond motifs is 1. The third-order valence-electron chi connectivity index (χ3n) is 2.76. The monoisotopic (exact) mass is 292 g/mol. The van der Waals surface area contributed by atoms with Gasteiger partial charge in [0, 0.05) is 31.4 Å². The molecule has 0 aliphatic carbocycles. The molecule has 0 N–H and O–H groups in total. The third-order valence-corrected chi connectivity index (χ3v) is 3.90. The van der Waals surface area contributed by atoms with Crippen molar-refractivity contribution in [1.29, 1.82) is 0 Å². The molecular formula is C12H12N4OS2. The lowest BCUT2D eigenvalue weighted by molar-refractivity contribution is 0.187. The highest BCUT2D eigenvalue weighted by molar-refractivity contribution is 7.80. The minimum absolute atomic E-state index is 0.598. The van der Waals surface area contributed by atoms with Crippen molar-refractivity contribution in [2.24, 2.45) is 0 Å². The molecule has 0 fully saturated rings. The quantitative estimate of drug-likeness (QED) is 0.593. The Kier molecular flexibility index (Phi) is 3.50. The van der Waals surface area contributed by atoms with Crippen LogP contribution in [0.5, 0.6) is 0 Å². The first-order valence-electron chi connectivity index (χ1n) is 5.74. The maximum atomic E-state index is 5.09. The summed E-state index contributed by atoms with van der Waals surface area (Å²) in [6.07, 6.45) is 3.64. The fourth-order valence-corrected chi connectivity index (χ4v) is 2.94. The van der Waals surface area contributed by atoms with E-state index < -0.39 is 0 Å². The van der Waals surface area contributed by atoms with E-state index in [0.717, 1.165) is 22.6 Å². The average Bonchev–Trinajstić information content (AvgIpc) is 3.04. The summed E-state index contributed by atoms with van der Waals surface area (Å²) in [5.41, 5.74) is 0. The summed E-state index contributed by atoms with van der Waals surface area (Å²) in [6.45, 7) is 1.35. The van der Waals surface area contributed by atoms with Crippen molar-refractivity contribution in [3.63, 3.8) is 0 Å². The lowest BCUT2D eigenvalue weighted by Gasteiger charge is -2.06. The highest BCUT2D eigenvalue weighted by Gasteiger charge is 2.12. The van der Waals surface area contributed by atoms with Gasteiger partial charge in [0.1, 0.15) is 9.86 Å². The smallest absolute Gasteiger partial charge is 0.198 e. The van der Waals surface area contributed by atoms with Gasteiger partial charge in [-0.25, -0.2) is 15.0 Å². The molecule has 5 nitrogen and oxygen atoms in total. The Labute approximate surface area is 119 Å². The van der Waals surface area contributed by atoms with Gasteiger partial charge in [-0.1, -0.05) is 0 Å². The van der Waals surface area contributed by atoms with E-state index in [1.807, 2.05) is 22.2 Å². The van der Waals surface area contributed by atoms with E-state index in [2.05, 4.69) is 27.6 Å². The predicted octanol–water partition coefficient (Wildman–Crippen LogP) is 2.49. The highest BCUT2D eigenvalue weighted by Crippen LogP contribution is 2.26. The van der Waals surface area contributed by atoms with E-state index in [1.54, 1.807) is 24.6 Å². The summed E-state index contributed by atoms with van der Waals surface area (Å²) in [4.78, 5) is 14.2. The van der Waals surface area contributed by atoms with Crippen LogP contribution in [-0.2, 0) is 11.3 Å². The van der Waals surface area contributed by atoms with Crippen LogP contribution in [0.2, 0.25) is 0 Å². The molecule has 0 amide bonds. The van der Waals surface area contributed by atoms with Crippen molar-refractivity contribution in [3.8, 4) is 11.6 Å². The number of methoxy groups -OCH3 is 1. The second kappa shape index (κ2) is 5.28. The highest BCUT2D eigenvalue weighted by atomic mass is 32.1. The fraction of sp³-hybridized carbons (Fsp3) is 0.250. The fourth-order valence-electron chi connectivity index (χ4n) is 1.83. The Bertz CT molecular complexity index is 707. The van der Waals surface area contributed by atoms with Crippen LogP contribution in [0.1, 0.15) is 0 Å². The van der Waals surface area contributed by atoms with E-state index in [1.165, 1.54) is 0 Å². The van der Waals surface area contributed by atoms with Gasteiger partial charge in [-0.15, -0.1) is 24.0 Å². The molecule has 0 spiro atoms. The Balaban J connectivity index is 2.06. The van der Waals surface area contributed by atoms with Crippen LogP contribution in [-0.4, -0.2) is 33.2 Å². The molecule has 0 bridgehead atoms. The molecule has 3 heterocycles. The van der Waals surface area contributed by atoms with Crippen molar-refractivity contribution in [3.05, 3.63) is 23.8 Å². The van der Waals surface area contributed by atoms with Crippen molar-refractivity contribution >= 4 is 34.2 Å². The number of hydrogen-bond donors (Lipinski definition) is 1. The van der Waals surface area contributed by atoms with Gasteiger partial charge in [-0.2, -0.15) is 0 Å². The summed E-state index contributed by atoms with van der Waals surface area (Å²) in [5.74, 6) is 1.34. The zero-order valence-corrected chi connectivity index (χ0v) is 12.0. The van der Waals surface area contributed by atoms with E-state index >= 15 is 0 Å². The van der Waals surface area contributed by atoms with E-state index in [0.29, 0.717) is 17.5 Å². The number of rotatable bonds is 4. The second-order valence-corrected chi connectivity index (χ2v) is 5.27. The zero-order valence-electron chi connectivity index (χ0n) is 10.3. The predicted molar refractivity (Wildman–Crippen MR) is 77.8 cm³/mol. The van der Waals surface area contributed by atoms with E-state index in [9.17, 15) is 0 Å². The zero-order chi connectivity index (χ0) is 13.2. The number of ether oxygens (including phenoxy) is 1. The second-order valence-electron chi connectivity index (χ2n) is 3.95. The van der Waals surface area contributed by atoms with Gasteiger partial charge in [-0.3, -0.25) is 0 Å². The lowest BCUT2D eigenvalue weighted by atomic mass is 10.4. The number of aromatic nitrogens is 4. The minimum Gasteiger partial charge on any atom is -0.383 e. The molecule has 0 radical (unpaired) electrons. The molecule has 0 unspecified atom stereocenters. The molecule has 7 heteroatoms. The maximum Gasteiger partial charge on any atom is 0.198 e. The molecule has 0 aliphatic heterocycles. The molecule has 0 saturated carbocycles. The Morgan fingerprint density at radius 3 is 3.16 bits per heavy atom. The molecule has 0 aromatic carbocycles. The van der Waals surface area contributed by atoms with Crippen LogP contribution >= 0.6 is 24.0 Å². The number of nitrogens with zero attached hydrogens (tertiary/aromatic N) is 4. The summed E-state index contributed by atoms with van der Waals surface area (Å²) in [5, 5.41) is 3.65. The number of thiol groups is 1. The molecule has 0 saturated heterocycles. The number of thiophene rings is 1. The van der Waals surface area contributed by atoms with Crippen molar-refractivity contribution < 1.29 is 4.74 Å². The third kappa shape index (κ3) is 2.36.